The van der Waals surface area contributed by atoms with Crippen LogP contribution in [-0.2, 0) is 4.74 Å². The van der Waals surface area contributed by atoms with E-state index >= 15 is 0 Å². The Kier molecular flexibility index (Phi) is 2.57. The molecule has 1 aliphatic rings. The Morgan fingerprint density at radius 3 is 3.18 bits per heavy atom. The molecule has 1 atom stereocenters. The molecule has 1 unspecified atom stereocenters. The third-order valence-electron chi connectivity index (χ3n) is 3.15. The minimum absolute atomic E-state index is 0.116. The van der Waals surface area contributed by atoms with Gasteiger partial charge in [-0.3, -0.25) is 0 Å². The molecule has 0 bridgehead atoms. The summed E-state index contributed by atoms with van der Waals surface area (Å²) in [5, 5.41) is 4.30. The van der Waals surface area contributed by atoms with Crippen LogP contribution in [0.5, 0.6) is 0 Å². The number of ether oxygens (including phenoxy) is 1. The monoisotopic (exact) mass is 229 g/mol. The van der Waals surface area contributed by atoms with Crippen LogP contribution in [0.3, 0.4) is 0 Å². The molecule has 2 N–H and O–H groups in total. The van der Waals surface area contributed by atoms with Gasteiger partial charge in [0.15, 0.2) is 0 Å². The van der Waals surface area contributed by atoms with Gasteiger partial charge < -0.3 is 10.5 Å². The van der Waals surface area contributed by atoms with Crippen molar-refractivity contribution in [2.75, 3.05) is 6.61 Å². The van der Waals surface area contributed by atoms with Gasteiger partial charge in [-0.05, 0) is 30.5 Å². The van der Waals surface area contributed by atoms with Gasteiger partial charge in [0, 0.05) is 11.8 Å². The Balaban J connectivity index is 2.00. The molecule has 0 spiro atoms. The molecule has 1 aliphatic heterocycles. The first-order valence-electron chi connectivity index (χ1n) is 5.84. The van der Waals surface area contributed by atoms with Gasteiger partial charge in [0.25, 0.3) is 0 Å². The lowest BCUT2D eigenvalue weighted by Gasteiger charge is -2.19. The summed E-state index contributed by atoms with van der Waals surface area (Å²) < 4.78 is 7.19. The molecule has 4 nitrogen and oxygen atoms in total. The van der Waals surface area contributed by atoms with Crippen LogP contribution in [0.1, 0.15) is 24.4 Å². The molecular formula is C13H15N3O. The first-order chi connectivity index (χ1) is 8.36. The number of aromatic nitrogens is 2. The Bertz CT molecular complexity index is 559. The van der Waals surface area contributed by atoms with Crippen LogP contribution in [0.25, 0.3) is 5.52 Å². The molecule has 0 saturated carbocycles. The summed E-state index contributed by atoms with van der Waals surface area (Å²) >= 11 is 0. The predicted octanol–water partition coefficient (Wildman–Crippen LogP) is 2.03. The van der Waals surface area contributed by atoms with Crippen molar-refractivity contribution in [3.63, 3.8) is 0 Å². The summed E-state index contributed by atoms with van der Waals surface area (Å²) in [5.74, 6) is 0. The van der Waals surface area contributed by atoms with E-state index in [1.54, 1.807) is 6.26 Å². The maximum absolute atomic E-state index is 6.28. The molecule has 0 amide bonds. The van der Waals surface area contributed by atoms with E-state index < -0.39 is 0 Å². The smallest absolute Gasteiger partial charge is 0.0876 e. The fraction of sp³-hybridized carbons (Fsp3) is 0.308. The van der Waals surface area contributed by atoms with E-state index in [0.717, 1.165) is 36.1 Å². The van der Waals surface area contributed by atoms with Crippen LogP contribution in [0.2, 0.25) is 0 Å². The molecule has 0 saturated heterocycles. The first-order valence-corrected chi connectivity index (χ1v) is 5.84. The Morgan fingerprint density at radius 2 is 2.35 bits per heavy atom. The largest absolute Gasteiger partial charge is 0.501 e. The quantitative estimate of drug-likeness (QED) is 0.857. The molecule has 4 heteroatoms. The van der Waals surface area contributed by atoms with Crippen LogP contribution in [0.4, 0.5) is 0 Å². The molecule has 88 valence electrons. The fourth-order valence-corrected chi connectivity index (χ4v) is 2.21. The predicted molar refractivity (Wildman–Crippen MR) is 65.4 cm³/mol. The van der Waals surface area contributed by atoms with E-state index in [0.29, 0.717) is 0 Å². The molecule has 3 rings (SSSR count). The molecule has 0 aromatic carbocycles. The number of hydrogen-bond acceptors (Lipinski definition) is 3. The summed E-state index contributed by atoms with van der Waals surface area (Å²) in [7, 11) is 0. The van der Waals surface area contributed by atoms with Crippen molar-refractivity contribution in [3.8, 4) is 0 Å². The standard InChI is InChI=1S/C13H15N3O/c14-13(10-4-3-7-17-9-10)11-8-15-16-6-2-1-5-12(11)16/h1-2,5-6,8-9,13H,3-4,7,14H2. The van der Waals surface area contributed by atoms with Crippen LogP contribution in [-0.4, -0.2) is 16.2 Å². The minimum atomic E-state index is -0.116. The Morgan fingerprint density at radius 1 is 1.41 bits per heavy atom. The number of nitrogens with zero attached hydrogens (tertiary/aromatic N) is 2. The van der Waals surface area contributed by atoms with Gasteiger partial charge in [0.05, 0.1) is 30.6 Å². The van der Waals surface area contributed by atoms with E-state index in [1.807, 2.05) is 35.1 Å². The third-order valence-corrected chi connectivity index (χ3v) is 3.15. The van der Waals surface area contributed by atoms with Crippen LogP contribution in [0, 0.1) is 0 Å². The van der Waals surface area contributed by atoms with Crippen molar-refractivity contribution >= 4 is 5.52 Å². The lowest BCUT2D eigenvalue weighted by atomic mass is 9.97. The molecule has 0 radical (unpaired) electrons. The Hall–Kier alpha value is -1.81. The molecule has 2 aromatic heterocycles. The average Bonchev–Trinajstić information content (AvgIpc) is 2.83. The van der Waals surface area contributed by atoms with Gasteiger partial charge in [-0.1, -0.05) is 6.07 Å². The highest BCUT2D eigenvalue weighted by atomic mass is 16.5. The summed E-state index contributed by atoms with van der Waals surface area (Å²) in [5.41, 5.74) is 9.55. The van der Waals surface area contributed by atoms with E-state index in [2.05, 4.69) is 5.10 Å². The maximum atomic E-state index is 6.28. The molecule has 2 aromatic rings. The van der Waals surface area contributed by atoms with Crippen molar-refractivity contribution in [3.05, 3.63) is 48.0 Å². The maximum Gasteiger partial charge on any atom is 0.0876 e. The lowest BCUT2D eigenvalue weighted by Crippen LogP contribution is -2.16. The number of hydrogen-bond donors (Lipinski definition) is 1. The van der Waals surface area contributed by atoms with Crippen LogP contribution < -0.4 is 5.73 Å². The number of nitrogens with two attached hydrogens (primary N) is 1. The minimum Gasteiger partial charge on any atom is -0.501 e. The molecule has 0 aliphatic carbocycles. The van der Waals surface area contributed by atoms with Gasteiger partial charge in [-0.15, -0.1) is 0 Å². The number of pyridine rings is 1. The number of fused-ring (bicyclic) bond motifs is 1. The zero-order valence-electron chi connectivity index (χ0n) is 9.54. The third kappa shape index (κ3) is 1.80. The zero-order chi connectivity index (χ0) is 11.7. The Labute approximate surface area is 99.7 Å². The van der Waals surface area contributed by atoms with Crippen molar-refractivity contribution < 1.29 is 4.74 Å². The topological polar surface area (TPSA) is 52.5 Å². The summed E-state index contributed by atoms with van der Waals surface area (Å²) in [4.78, 5) is 0. The average molecular weight is 229 g/mol. The summed E-state index contributed by atoms with van der Waals surface area (Å²) in [6.45, 7) is 0.797. The first kappa shape index (κ1) is 10.4. The zero-order valence-corrected chi connectivity index (χ0v) is 9.54. The van der Waals surface area contributed by atoms with E-state index in [9.17, 15) is 0 Å². The van der Waals surface area contributed by atoms with Crippen molar-refractivity contribution in [2.24, 2.45) is 5.73 Å². The van der Waals surface area contributed by atoms with Gasteiger partial charge >= 0.3 is 0 Å². The summed E-state index contributed by atoms with van der Waals surface area (Å²) in [6.07, 6.45) is 7.62. The molecular weight excluding hydrogens is 214 g/mol. The number of rotatable bonds is 2. The highest BCUT2D eigenvalue weighted by molar-refractivity contribution is 5.56. The molecule has 17 heavy (non-hydrogen) atoms. The molecule has 0 fully saturated rings. The van der Waals surface area contributed by atoms with Crippen molar-refractivity contribution in [1.82, 2.24) is 9.61 Å². The second-order valence-electron chi connectivity index (χ2n) is 4.28. The van der Waals surface area contributed by atoms with Crippen molar-refractivity contribution in [2.45, 2.75) is 18.9 Å². The van der Waals surface area contributed by atoms with Gasteiger partial charge in [0.1, 0.15) is 0 Å². The highest BCUT2D eigenvalue weighted by Crippen LogP contribution is 2.27. The van der Waals surface area contributed by atoms with E-state index in [1.165, 1.54) is 0 Å². The lowest BCUT2D eigenvalue weighted by molar-refractivity contribution is 0.221. The fourth-order valence-electron chi connectivity index (χ4n) is 2.21. The van der Waals surface area contributed by atoms with Crippen LogP contribution in [0.15, 0.2) is 42.4 Å². The molecule has 3 heterocycles. The van der Waals surface area contributed by atoms with Crippen LogP contribution >= 0.6 is 0 Å². The highest BCUT2D eigenvalue weighted by Gasteiger charge is 2.18. The van der Waals surface area contributed by atoms with E-state index in [-0.39, 0.29) is 6.04 Å². The van der Waals surface area contributed by atoms with Gasteiger partial charge in [0.2, 0.25) is 0 Å². The van der Waals surface area contributed by atoms with Gasteiger partial charge in [-0.25, -0.2) is 4.52 Å². The second-order valence-corrected chi connectivity index (χ2v) is 4.28. The van der Waals surface area contributed by atoms with E-state index in [4.69, 9.17) is 10.5 Å². The summed E-state index contributed by atoms with van der Waals surface area (Å²) in [6, 6.07) is 5.87. The second kappa shape index (κ2) is 4.22. The van der Waals surface area contributed by atoms with Crippen molar-refractivity contribution in [1.29, 1.82) is 0 Å². The van der Waals surface area contributed by atoms with Gasteiger partial charge in [-0.2, -0.15) is 5.10 Å². The normalized spacial score (nSPS) is 17.6. The SMILES string of the molecule is NC(C1=COCCC1)c1cnn2ccccc12.